The standard InChI is InChI=1S/C17H27N3O3/c1-19(2)8-4-10-23-15-6-3-5-14(11-15)12-20-9-7-18-16(13-20)17(21)22/h3,5-6,11,16,18H,4,7-10,12-13H2,1-2H3,(H,21,22). The van der Waals surface area contributed by atoms with E-state index in [0.717, 1.165) is 37.4 Å². The van der Waals surface area contributed by atoms with Crippen LogP contribution in [0.4, 0.5) is 0 Å². The number of carboxylic acids is 1. The molecule has 0 aliphatic carbocycles. The topological polar surface area (TPSA) is 65.0 Å². The lowest BCUT2D eigenvalue weighted by molar-refractivity contribution is -0.140. The molecule has 6 nitrogen and oxygen atoms in total. The molecular formula is C17H27N3O3. The first-order chi connectivity index (χ1) is 11.0. The van der Waals surface area contributed by atoms with E-state index in [4.69, 9.17) is 9.84 Å². The number of nitrogens with one attached hydrogen (secondary N) is 1. The van der Waals surface area contributed by atoms with Gasteiger partial charge in [-0.15, -0.1) is 0 Å². The van der Waals surface area contributed by atoms with E-state index in [-0.39, 0.29) is 0 Å². The van der Waals surface area contributed by atoms with Crippen molar-refractivity contribution in [2.24, 2.45) is 0 Å². The van der Waals surface area contributed by atoms with E-state index in [0.29, 0.717) is 19.7 Å². The largest absolute Gasteiger partial charge is 0.494 e. The molecule has 1 saturated heterocycles. The van der Waals surface area contributed by atoms with Crippen molar-refractivity contribution in [3.05, 3.63) is 29.8 Å². The van der Waals surface area contributed by atoms with Gasteiger partial charge >= 0.3 is 5.97 Å². The molecular weight excluding hydrogens is 294 g/mol. The Balaban J connectivity index is 1.83. The number of piperazine rings is 1. The van der Waals surface area contributed by atoms with Gasteiger partial charge in [0, 0.05) is 32.7 Å². The molecule has 0 radical (unpaired) electrons. The van der Waals surface area contributed by atoms with Crippen LogP contribution >= 0.6 is 0 Å². The van der Waals surface area contributed by atoms with Crippen molar-refractivity contribution >= 4 is 5.97 Å². The number of aliphatic carboxylic acids is 1. The van der Waals surface area contributed by atoms with Crippen molar-refractivity contribution in [2.75, 3.05) is 46.9 Å². The summed E-state index contributed by atoms with van der Waals surface area (Å²) in [5.74, 6) is 0.0962. The van der Waals surface area contributed by atoms with Gasteiger partial charge in [0.2, 0.25) is 0 Å². The fraction of sp³-hybridized carbons (Fsp3) is 0.588. The third kappa shape index (κ3) is 6.17. The highest BCUT2D eigenvalue weighted by Gasteiger charge is 2.24. The van der Waals surface area contributed by atoms with Gasteiger partial charge < -0.3 is 20.1 Å². The lowest BCUT2D eigenvalue weighted by atomic mass is 10.1. The van der Waals surface area contributed by atoms with E-state index >= 15 is 0 Å². The highest BCUT2D eigenvalue weighted by molar-refractivity contribution is 5.73. The number of hydrogen-bond acceptors (Lipinski definition) is 5. The predicted molar refractivity (Wildman–Crippen MR) is 89.8 cm³/mol. The molecule has 1 fully saturated rings. The summed E-state index contributed by atoms with van der Waals surface area (Å²) < 4.78 is 5.79. The van der Waals surface area contributed by atoms with Crippen LogP contribution in [0.15, 0.2) is 24.3 Å². The second-order valence-electron chi connectivity index (χ2n) is 6.23. The van der Waals surface area contributed by atoms with Crippen molar-refractivity contribution in [2.45, 2.75) is 19.0 Å². The Morgan fingerprint density at radius 2 is 2.30 bits per heavy atom. The number of rotatable bonds is 8. The summed E-state index contributed by atoms with van der Waals surface area (Å²) in [7, 11) is 4.11. The Hall–Kier alpha value is -1.63. The Kier molecular flexibility index (Phi) is 6.83. The molecule has 0 amide bonds. The fourth-order valence-corrected chi connectivity index (χ4v) is 2.68. The van der Waals surface area contributed by atoms with Crippen LogP contribution in [0.3, 0.4) is 0 Å². The molecule has 1 aromatic carbocycles. The summed E-state index contributed by atoms with van der Waals surface area (Å²) in [5, 5.41) is 12.1. The zero-order valence-corrected chi connectivity index (χ0v) is 14.0. The van der Waals surface area contributed by atoms with Crippen LogP contribution in [0.25, 0.3) is 0 Å². The molecule has 1 aromatic rings. The monoisotopic (exact) mass is 321 g/mol. The third-order valence-electron chi connectivity index (χ3n) is 3.88. The fourth-order valence-electron chi connectivity index (χ4n) is 2.68. The molecule has 1 heterocycles. The first-order valence-corrected chi connectivity index (χ1v) is 8.09. The molecule has 23 heavy (non-hydrogen) atoms. The van der Waals surface area contributed by atoms with Crippen LogP contribution in [0.5, 0.6) is 5.75 Å². The van der Waals surface area contributed by atoms with Gasteiger partial charge in [-0.05, 0) is 38.2 Å². The van der Waals surface area contributed by atoms with Gasteiger partial charge in [-0.2, -0.15) is 0 Å². The second kappa shape index (κ2) is 8.86. The Labute approximate surface area is 138 Å². The highest BCUT2D eigenvalue weighted by atomic mass is 16.5. The molecule has 0 bridgehead atoms. The van der Waals surface area contributed by atoms with Gasteiger partial charge in [0.25, 0.3) is 0 Å². The molecule has 0 aromatic heterocycles. The average molecular weight is 321 g/mol. The van der Waals surface area contributed by atoms with Crippen LogP contribution in [0.1, 0.15) is 12.0 Å². The van der Waals surface area contributed by atoms with E-state index in [1.165, 1.54) is 0 Å². The first kappa shape index (κ1) is 17.7. The lowest BCUT2D eigenvalue weighted by Gasteiger charge is -2.31. The maximum atomic E-state index is 11.1. The number of carbonyl (C=O) groups is 1. The zero-order valence-electron chi connectivity index (χ0n) is 14.0. The summed E-state index contributed by atoms with van der Waals surface area (Å²) in [4.78, 5) is 15.4. The van der Waals surface area contributed by atoms with Crippen molar-refractivity contribution in [3.8, 4) is 5.75 Å². The molecule has 128 valence electrons. The maximum Gasteiger partial charge on any atom is 0.322 e. The third-order valence-corrected chi connectivity index (χ3v) is 3.88. The van der Waals surface area contributed by atoms with Gasteiger partial charge in [0.1, 0.15) is 11.8 Å². The molecule has 6 heteroatoms. The summed E-state index contributed by atoms with van der Waals surface area (Å²) in [6.07, 6.45) is 0.995. The molecule has 1 aliphatic heterocycles. The van der Waals surface area contributed by atoms with E-state index in [2.05, 4.69) is 35.3 Å². The normalized spacial score (nSPS) is 19.0. The van der Waals surface area contributed by atoms with E-state index in [1.54, 1.807) is 0 Å². The molecule has 0 spiro atoms. The molecule has 2 N–H and O–H groups in total. The van der Waals surface area contributed by atoms with Crippen molar-refractivity contribution in [3.63, 3.8) is 0 Å². The molecule has 2 rings (SSSR count). The second-order valence-corrected chi connectivity index (χ2v) is 6.23. The van der Waals surface area contributed by atoms with Gasteiger partial charge in [0.15, 0.2) is 0 Å². The van der Waals surface area contributed by atoms with Crippen molar-refractivity contribution in [1.29, 1.82) is 0 Å². The van der Waals surface area contributed by atoms with Crippen LogP contribution in [0.2, 0.25) is 0 Å². The number of carboxylic acid groups (broad SMARTS) is 1. The van der Waals surface area contributed by atoms with E-state index in [9.17, 15) is 4.79 Å². The smallest absolute Gasteiger partial charge is 0.322 e. The van der Waals surface area contributed by atoms with Crippen molar-refractivity contribution in [1.82, 2.24) is 15.1 Å². The molecule has 1 unspecified atom stereocenters. The predicted octanol–water partition coefficient (Wildman–Crippen LogP) is 0.876. The summed E-state index contributed by atoms with van der Waals surface area (Å²) in [6.45, 7) is 4.56. The Morgan fingerprint density at radius 1 is 1.48 bits per heavy atom. The van der Waals surface area contributed by atoms with Crippen LogP contribution < -0.4 is 10.1 Å². The average Bonchev–Trinajstić information content (AvgIpc) is 2.52. The van der Waals surface area contributed by atoms with Gasteiger partial charge in [-0.1, -0.05) is 12.1 Å². The van der Waals surface area contributed by atoms with Gasteiger partial charge in [-0.25, -0.2) is 0 Å². The SMILES string of the molecule is CN(C)CCCOc1cccc(CN2CCNC(C(=O)O)C2)c1. The van der Waals surface area contributed by atoms with Crippen LogP contribution in [-0.4, -0.2) is 73.8 Å². The lowest BCUT2D eigenvalue weighted by Crippen LogP contribution is -2.53. The minimum atomic E-state index is -0.785. The Morgan fingerprint density at radius 3 is 3.04 bits per heavy atom. The van der Waals surface area contributed by atoms with E-state index in [1.807, 2.05) is 18.2 Å². The van der Waals surface area contributed by atoms with E-state index < -0.39 is 12.0 Å². The van der Waals surface area contributed by atoms with Crippen LogP contribution in [0, 0.1) is 0 Å². The van der Waals surface area contributed by atoms with Gasteiger partial charge in [0.05, 0.1) is 6.61 Å². The minimum Gasteiger partial charge on any atom is -0.494 e. The summed E-state index contributed by atoms with van der Waals surface area (Å²) >= 11 is 0. The Bertz CT molecular complexity index is 508. The summed E-state index contributed by atoms with van der Waals surface area (Å²) in [6, 6.07) is 7.59. The van der Waals surface area contributed by atoms with Gasteiger partial charge in [-0.3, -0.25) is 9.69 Å². The molecule has 1 aliphatic rings. The molecule has 0 saturated carbocycles. The quantitative estimate of drug-likeness (QED) is 0.693. The number of benzene rings is 1. The van der Waals surface area contributed by atoms with Crippen molar-refractivity contribution < 1.29 is 14.6 Å². The number of nitrogens with zero attached hydrogens (tertiary/aromatic N) is 2. The minimum absolute atomic E-state index is 0.478. The maximum absolute atomic E-state index is 11.1. The number of ether oxygens (including phenoxy) is 1. The number of hydrogen-bond donors (Lipinski definition) is 2. The highest BCUT2D eigenvalue weighted by Crippen LogP contribution is 2.16. The van der Waals surface area contributed by atoms with Crippen LogP contribution in [-0.2, 0) is 11.3 Å². The first-order valence-electron chi connectivity index (χ1n) is 8.09. The molecule has 1 atom stereocenters. The zero-order chi connectivity index (χ0) is 16.7. The summed E-state index contributed by atoms with van der Waals surface area (Å²) in [5.41, 5.74) is 1.15.